The molecule has 2 heterocycles. The number of hydrogen-bond donors (Lipinski definition) is 2. The Kier molecular flexibility index (Phi) is 1.66. The molecule has 2 aliphatic heterocycles. The molecule has 4 rings (SSSR count). The van der Waals surface area contributed by atoms with Crippen molar-refractivity contribution in [3.8, 4) is 23.0 Å². The van der Waals surface area contributed by atoms with Crippen molar-refractivity contribution in [2.24, 2.45) is 0 Å². The monoisotopic (exact) mass is 415 g/mol. The lowest BCUT2D eigenvalue weighted by molar-refractivity contribution is 0.173. The second kappa shape index (κ2) is 9.66. The van der Waals surface area contributed by atoms with E-state index in [0.717, 1.165) is 0 Å². The first-order valence-corrected chi connectivity index (χ1v) is 7.08. The second-order valence-corrected chi connectivity index (χ2v) is 4.60. The third kappa shape index (κ3) is 5.30. The molecular weight excluding hydrogens is 356 g/mol. The van der Waals surface area contributed by atoms with Gasteiger partial charge < -0.3 is 29.6 Å². The average Bonchev–Trinajstić information content (AvgIpc) is 3.51. The largest absolute Gasteiger partial charge is 0.454 e. The minimum absolute atomic E-state index is 0.659. The van der Waals surface area contributed by atoms with Crippen molar-refractivity contribution in [1.29, 1.82) is 0 Å². The van der Waals surface area contributed by atoms with Crippen LogP contribution in [0.4, 0.5) is 0 Å². The summed E-state index contributed by atoms with van der Waals surface area (Å²) in [5.41, 5.74) is -2.35. The summed E-state index contributed by atoms with van der Waals surface area (Å²) in [7, 11) is 0. The van der Waals surface area contributed by atoms with Gasteiger partial charge in [-0.2, -0.15) is 0 Å². The summed E-state index contributed by atoms with van der Waals surface area (Å²) in [6, 6.07) is -13.6. The lowest BCUT2D eigenvalue weighted by atomic mass is 10.1. The molecule has 0 saturated heterocycles. The van der Waals surface area contributed by atoms with E-state index in [2.05, 4.69) is 9.47 Å². The number of fused-ring (bicyclic) bond motifs is 2. The SMILES string of the molecule is [2H]c1c([2H])c(C([2H])([2H])C([2H])(N([2H])C([2H])([2H])[2H])C([2H])([2H])[2H])c([2H])c2c1OC([2H])([2H])O2.[2H]c1c([2H])c(C([2H])([2H])C([2H])(NC([2H])([2H])[2H])C([2H])([2H])[2H])c([2H])c2c1OC([2H])([2H])O2. The summed E-state index contributed by atoms with van der Waals surface area (Å²) < 4.78 is 241. The quantitative estimate of drug-likeness (QED) is 0.756. The first kappa shape index (κ1) is 4.82. The van der Waals surface area contributed by atoms with Crippen molar-refractivity contribution in [1.82, 2.24) is 10.6 Å². The predicted octanol–water partition coefficient (Wildman–Crippen LogP) is 3.13. The predicted molar refractivity (Wildman–Crippen MR) is 110 cm³/mol. The minimum atomic E-state index is -3.85. The summed E-state index contributed by atoms with van der Waals surface area (Å²) in [4.78, 5) is 0. The number of hydrogen-bond acceptors (Lipinski definition) is 6. The van der Waals surface area contributed by atoms with Crippen molar-refractivity contribution in [3.63, 3.8) is 0 Å². The fourth-order valence-corrected chi connectivity index (χ4v) is 1.68. The smallest absolute Gasteiger partial charge is 0.231 e. The van der Waals surface area contributed by atoms with Gasteiger partial charge in [-0.25, -0.2) is 0 Å². The summed E-state index contributed by atoms with van der Waals surface area (Å²) in [6.45, 7) is -19.9. The van der Waals surface area contributed by atoms with Gasteiger partial charge in [0, 0.05) is 36.7 Å². The van der Waals surface area contributed by atoms with Crippen LogP contribution in [-0.2, 0) is 12.7 Å². The van der Waals surface area contributed by atoms with Crippen molar-refractivity contribution >= 4 is 0 Å². The number of rotatable bonds is 6. The first-order valence-electron chi connectivity index (χ1n) is 21.5. The molecular formula is C22H30N2O4. The first-order chi connectivity index (χ1) is 25.0. The van der Waals surface area contributed by atoms with Gasteiger partial charge in [0.25, 0.3) is 0 Å². The number of nitrogens with one attached hydrogen (secondary N) is 2. The molecule has 2 atom stereocenters. The lowest BCUT2D eigenvalue weighted by Crippen LogP contribution is -2.23. The molecule has 0 fully saturated rings. The zero-order chi connectivity index (χ0) is 45.0. The zero-order valence-electron chi connectivity index (χ0n) is 42.6. The molecule has 6 nitrogen and oxygen atoms in total. The Balaban J connectivity index is 0.000000306. The third-order valence-electron chi connectivity index (χ3n) is 2.80. The van der Waals surface area contributed by atoms with Crippen LogP contribution in [0.1, 0.15) is 63.2 Å². The van der Waals surface area contributed by atoms with Gasteiger partial charge in [-0.05, 0) is 75.7 Å². The normalized spacial score (nSPS) is 39.5. The fourth-order valence-electron chi connectivity index (χ4n) is 1.68. The van der Waals surface area contributed by atoms with Gasteiger partial charge in [-0.1, -0.05) is 12.1 Å². The molecule has 0 aliphatic carbocycles. The molecule has 0 spiro atoms. The van der Waals surface area contributed by atoms with Crippen LogP contribution < -0.4 is 29.6 Å². The van der Waals surface area contributed by atoms with E-state index in [1.807, 2.05) is 0 Å². The van der Waals surface area contributed by atoms with Crippen LogP contribution in [0.15, 0.2) is 36.3 Å². The van der Waals surface area contributed by atoms with Crippen molar-refractivity contribution < 1.29 is 58.7 Å². The number of likely N-dealkylation sites (N-methyl/N-ethyl adjacent to an activating group) is 2. The van der Waals surface area contributed by atoms with Crippen molar-refractivity contribution in [2.45, 2.75) is 38.5 Å². The van der Waals surface area contributed by atoms with Crippen LogP contribution in [0.5, 0.6) is 23.0 Å². The Hall–Kier alpha value is -2.44. The molecule has 2 aliphatic rings. The maximum absolute atomic E-state index is 8.22. The Morgan fingerprint density at radius 3 is 2.07 bits per heavy atom. The molecule has 2 N–H and O–H groups in total. The van der Waals surface area contributed by atoms with Crippen LogP contribution in [0, 0.1) is 0 Å². The molecule has 0 bridgehead atoms. The molecule has 152 valence electrons. The van der Waals surface area contributed by atoms with E-state index >= 15 is 0 Å². The molecule has 0 radical (unpaired) electrons. The maximum atomic E-state index is 8.22. The summed E-state index contributed by atoms with van der Waals surface area (Å²) >= 11 is 0. The van der Waals surface area contributed by atoms with Crippen molar-refractivity contribution in [2.75, 3.05) is 27.4 Å². The summed E-state index contributed by atoms with van der Waals surface area (Å²) in [5.74, 6) is -2.93. The van der Waals surface area contributed by atoms with Gasteiger partial charge in [-0.15, -0.1) is 0 Å². The molecule has 0 saturated carbocycles. The minimum Gasteiger partial charge on any atom is -0.454 e. The van der Waals surface area contributed by atoms with E-state index in [0.29, 0.717) is 0 Å². The molecule has 2 unspecified atom stereocenters. The van der Waals surface area contributed by atoms with Crippen LogP contribution in [0.2, 0.25) is 1.41 Å². The Morgan fingerprint density at radius 1 is 0.964 bits per heavy atom. The third-order valence-corrected chi connectivity index (χ3v) is 2.80. The van der Waals surface area contributed by atoms with Gasteiger partial charge in [0.05, 0.1) is 8.22 Å². The molecule has 2 aromatic rings. The molecule has 0 aromatic heterocycles. The van der Waals surface area contributed by atoms with E-state index in [4.69, 9.17) is 49.3 Å². The molecule has 28 heavy (non-hydrogen) atoms. The van der Waals surface area contributed by atoms with E-state index in [9.17, 15) is 0 Å². The van der Waals surface area contributed by atoms with Gasteiger partial charge in [0.15, 0.2) is 23.0 Å². The lowest BCUT2D eigenvalue weighted by Gasteiger charge is -2.10. The maximum Gasteiger partial charge on any atom is 0.231 e. The standard InChI is InChI=1S/2C11H15NO2/c2*1-8(12-2)5-9-3-4-10-11(6-9)14-7-13-10/h2*3-4,6,8,12H,5,7H2,1-2H3/i2*1D3,2D3,3D,4D,5D2,6D,7D2,8D/hD. The number of ether oxygens (including phenoxy) is 4. The average molecular weight is 416 g/mol. The van der Waals surface area contributed by atoms with Crippen LogP contribution in [-0.4, -0.2) is 39.5 Å². The van der Waals surface area contributed by atoms with E-state index in [1.165, 1.54) is 5.32 Å². The highest BCUT2D eigenvalue weighted by molar-refractivity contribution is 5.45. The zero-order valence-corrected chi connectivity index (χ0v) is 13.6. The molecule has 2 aromatic carbocycles. The fraction of sp³-hybridized carbons (Fsp3) is 0.455. The summed E-state index contributed by atoms with van der Waals surface area (Å²) in [5, 5.41) is 0.674. The van der Waals surface area contributed by atoms with Gasteiger partial charge in [0.2, 0.25) is 13.5 Å². The molecule has 6 heteroatoms. The van der Waals surface area contributed by atoms with E-state index < -0.39 is 142 Å². The highest BCUT2D eigenvalue weighted by Crippen LogP contribution is 2.33. The second-order valence-electron chi connectivity index (χ2n) is 4.60. The van der Waals surface area contributed by atoms with Gasteiger partial charge in [0.1, 0.15) is 6.89 Å². The van der Waals surface area contributed by atoms with Gasteiger partial charge >= 0.3 is 0 Å². The highest BCUT2D eigenvalue weighted by atomic mass is 16.7. The number of benzene rings is 2. The molecule has 0 amide bonds. The Morgan fingerprint density at radius 2 is 1.54 bits per heavy atom. The van der Waals surface area contributed by atoms with E-state index in [-0.39, 0.29) is 0 Å². The highest BCUT2D eigenvalue weighted by Gasteiger charge is 2.14. The Labute approximate surface area is 207 Å². The van der Waals surface area contributed by atoms with Crippen molar-refractivity contribution in [3.05, 3.63) is 47.4 Å². The summed E-state index contributed by atoms with van der Waals surface area (Å²) in [6.07, 6.45) is -7.23. The topological polar surface area (TPSA) is 61.0 Å². The Bertz CT molecular complexity index is 1900. The van der Waals surface area contributed by atoms with Crippen LogP contribution in [0.25, 0.3) is 0 Å². The van der Waals surface area contributed by atoms with Gasteiger partial charge in [-0.3, -0.25) is 0 Å². The van der Waals surface area contributed by atoms with Crippen LogP contribution >= 0.6 is 0 Å². The van der Waals surface area contributed by atoms with Crippen LogP contribution in [0.3, 0.4) is 0 Å². The van der Waals surface area contributed by atoms with E-state index in [1.54, 1.807) is 0 Å².